The highest BCUT2D eigenvalue weighted by Crippen LogP contribution is 2.39. The van der Waals surface area contributed by atoms with Crippen molar-refractivity contribution in [2.75, 3.05) is 0 Å². The number of hydrogen-bond acceptors (Lipinski definition) is 3. The molecule has 1 atom stereocenters. The Morgan fingerprint density at radius 1 is 1.43 bits per heavy atom. The fourth-order valence-electron chi connectivity index (χ4n) is 3.35. The second-order valence-corrected chi connectivity index (χ2v) is 6.23. The number of piperazine rings is 1. The first-order valence-corrected chi connectivity index (χ1v) is 7.63. The molecular formula is C15H18ClN3O2. The highest BCUT2D eigenvalue weighted by Gasteiger charge is 2.52. The Morgan fingerprint density at radius 3 is 2.81 bits per heavy atom. The normalized spacial score (nSPS) is 24.5. The predicted octanol–water partition coefficient (Wildman–Crippen LogP) is 1.89. The van der Waals surface area contributed by atoms with Crippen molar-refractivity contribution in [3.63, 3.8) is 0 Å². The SMILES string of the molecule is CC1NC(=O)C2(CCCC2)N(Cc2ccncc2Cl)C1=O. The van der Waals surface area contributed by atoms with Gasteiger partial charge in [-0.15, -0.1) is 0 Å². The largest absolute Gasteiger partial charge is 0.343 e. The lowest BCUT2D eigenvalue weighted by molar-refractivity contribution is -0.157. The van der Waals surface area contributed by atoms with E-state index in [0.29, 0.717) is 11.6 Å². The summed E-state index contributed by atoms with van der Waals surface area (Å²) < 4.78 is 0. The second kappa shape index (κ2) is 5.30. The number of carbonyl (C=O) groups excluding carboxylic acids is 2. The van der Waals surface area contributed by atoms with Gasteiger partial charge in [0.25, 0.3) is 0 Å². The van der Waals surface area contributed by atoms with Crippen LogP contribution < -0.4 is 5.32 Å². The smallest absolute Gasteiger partial charge is 0.246 e. The summed E-state index contributed by atoms with van der Waals surface area (Å²) >= 11 is 6.16. The zero-order chi connectivity index (χ0) is 15.0. The van der Waals surface area contributed by atoms with Gasteiger partial charge in [0.2, 0.25) is 11.8 Å². The predicted molar refractivity (Wildman–Crippen MR) is 78.6 cm³/mol. The monoisotopic (exact) mass is 307 g/mol. The van der Waals surface area contributed by atoms with Crippen LogP contribution in [0.25, 0.3) is 0 Å². The molecule has 2 aliphatic rings. The molecule has 1 aliphatic heterocycles. The molecule has 1 saturated heterocycles. The van der Waals surface area contributed by atoms with Crippen molar-refractivity contribution in [1.29, 1.82) is 0 Å². The number of amides is 2. The van der Waals surface area contributed by atoms with Crippen molar-refractivity contribution in [2.24, 2.45) is 0 Å². The number of nitrogens with zero attached hydrogens (tertiary/aromatic N) is 2. The van der Waals surface area contributed by atoms with Crippen molar-refractivity contribution in [3.05, 3.63) is 29.0 Å². The summed E-state index contributed by atoms with van der Waals surface area (Å²) in [6.07, 6.45) is 6.60. The Balaban J connectivity index is 1.97. The van der Waals surface area contributed by atoms with Gasteiger partial charge in [0.15, 0.2) is 0 Å². The molecule has 3 rings (SSSR count). The Bertz CT molecular complexity index is 584. The summed E-state index contributed by atoms with van der Waals surface area (Å²) in [4.78, 5) is 30.8. The average molecular weight is 308 g/mol. The van der Waals surface area contributed by atoms with E-state index in [1.54, 1.807) is 30.3 Å². The van der Waals surface area contributed by atoms with Gasteiger partial charge < -0.3 is 10.2 Å². The zero-order valence-electron chi connectivity index (χ0n) is 11.9. The number of nitrogens with one attached hydrogen (secondary N) is 1. The third-order valence-electron chi connectivity index (χ3n) is 4.54. The molecule has 1 spiro atoms. The van der Waals surface area contributed by atoms with Gasteiger partial charge in [-0.1, -0.05) is 24.4 Å². The Kier molecular flexibility index (Phi) is 3.61. The maximum Gasteiger partial charge on any atom is 0.246 e. The minimum Gasteiger partial charge on any atom is -0.343 e. The number of halogens is 1. The maximum absolute atomic E-state index is 12.6. The lowest BCUT2D eigenvalue weighted by atomic mass is 9.89. The zero-order valence-corrected chi connectivity index (χ0v) is 12.7. The van der Waals surface area contributed by atoms with Crippen molar-refractivity contribution in [1.82, 2.24) is 15.2 Å². The maximum atomic E-state index is 12.6. The Labute approximate surface area is 128 Å². The topological polar surface area (TPSA) is 62.3 Å². The van der Waals surface area contributed by atoms with Crippen LogP contribution in [0.2, 0.25) is 5.02 Å². The standard InChI is InChI=1S/C15H18ClN3O2/c1-10-13(20)19(9-11-4-7-17-8-12(11)16)15(14(21)18-10)5-2-3-6-15/h4,7-8,10H,2-3,5-6,9H2,1H3,(H,18,21). The van der Waals surface area contributed by atoms with E-state index >= 15 is 0 Å². The summed E-state index contributed by atoms with van der Waals surface area (Å²) in [5.41, 5.74) is 0.129. The molecule has 1 aromatic heterocycles. The van der Waals surface area contributed by atoms with Gasteiger partial charge in [0, 0.05) is 18.9 Å². The molecule has 2 fully saturated rings. The summed E-state index contributed by atoms with van der Waals surface area (Å²) in [6.45, 7) is 2.08. The van der Waals surface area contributed by atoms with E-state index in [1.807, 2.05) is 0 Å². The molecule has 1 aromatic rings. The Morgan fingerprint density at radius 2 is 2.14 bits per heavy atom. The molecule has 112 valence electrons. The number of carbonyl (C=O) groups is 2. The molecule has 5 nitrogen and oxygen atoms in total. The van der Waals surface area contributed by atoms with Crippen molar-refractivity contribution >= 4 is 23.4 Å². The van der Waals surface area contributed by atoms with Crippen LogP contribution in [-0.4, -0.2) is 33.3 Å². The van der Waals surface area contributed by atoms with E-state index in [1.165, 1.54) is 0 Å². The summed E-state index contributed by atoms with van der Waals surface area (Å²) in [5, 5.41) is 3.34. The first kappa shape index (κ1) is 14.3. The molecule has 0 aromatic carbocycles. The van der Waals surface area contributed by atoms with E-state index in [-0.39, 0.29) is 11.8 Å². The van der Waals surface area contributed by atoms with Crippen LogP contribution in [0.5, 0.6) is 0 Å². The molecule has 6 heteroatoms. The first-order valence-electron chi connectivity index (χ1n) is 7.25. The molecule has 2 amide bonds. The van der Waals surface area contributed by atoms with Gasteiger partial charge in [0.1, 0.15) is 11.6 Å². The summed E-state index contributed by atoms with van der Waals surface area (Å²) in [6, 6.07) is 1.32. The van der Waals surface area contributed by atoms with Gasteiger partial charge in [-0.05, 0) is 31.4 Å². The summed E-state index contributed by atoms with van der Waals surface area (Å²) in [7, 11) is 0. The van der Waals surface area contributed by atoms with E-state index in [4.69, 9.17) is 11.6 Å². The number of pyridine rings is 1. The molecule has 1 aliphatic carbocycles. The lowest BCUT2D eigenvalue weighted by Crippen LogP contribution is -2.68. The molecule has 0 radical (unpaired) electrons. The highest BCUT2D eigenvalue weighted by molar-refractivity contribution is 6.31. The van der Waals surface area contributed by atoms with Crippen LogP contribution in [0.1, 0.15) is 38.2 Å². The molecule has 0 bridgehead atoms. The van der Waals surface area contributed by atoms with Crippen LogP contribution in [0, 0.1) is 0 Å². The quantitative estimate of drug-likeness (QED) is 0.907. The van der Waals surface area contributed by atoms with Crippen LogP contribution in [0.4, 0.5) is 0 Å². The van der Waals surface area contributed by atoms with Gasteiger partial charge in [-0.3, -0.25) is 14.6 Å². The second-order valence-electron chi connectivity index (χ2n) is 5.83. The van der Waals surface area contributed by atoms with Crippen LogP contribution in [0.15, 0.2) is 18.5 Å². The number of rotatable bonds is 2. The van der Waals surface area contributed by atoms with Gasteiger partial charge in [-0.25, -0.2) is 0 Å². The van der Waals surface area contributed by atoms with Crippen LogP contribution in [0.3, 0.4) is 0 Å². The first-order chi connectivity index (χ1) is 10.0. The van der Waals surface area contributed by atoms with E-state index in [2.05, 4.69) is 10.3 Å². The fraction of sp³-hybridized carbons (Fsp3) is 0.533. The van der Waals surface area contributed by atoms with E-state index in [9.17, 15) is 9.59 Å². The van der Waals surface area contributed by atoms with Crippen LogP contribution >= 0.6 is 11.6 Å². The number of hydrogen-bond donors (Lipinski definition) is 1. The Hall–Kier alpha value is -1.62. The van der Waals surface area contributed by atoms with Crippen molar-refractivity contribution in [2.45, 2.75) is 50.7 Å². The van der Waals surface area contributed by atoms with E-state index < -0.39 is 11.6 Å². The third kappa shape index (κ3) is 2.29. The molecule has 21 heavy (non-hydrogen) atoms. The lowest BCUT2D eigenvalue weighted by Gasteiger charge is -2.45. The van der Waals surface area contributed by atoms with E-state index in [0.717, 1.165) is 31.2 Å². The number of aromatic nitrogens is 1. The highest BCUT2D eigenvalue weighted by atomic mass is 35.5. The third-order valence-corrected chi connectivity index (χ3v) is 4.88. The minimum atomic E-state index is -0.698. The average Bonchev–Trinajstić information content (AvgIpc) is 2.94. The summed E-state index contributed by atoms with van der Waals surface area (Å²) in [5.74, 6) is -0.0679. The molecule has 2 heterocycles. The molecular weight excluding hydrogens is 290 g/mol. The van der Waals surface area contributed by atoms with Gasteiger partial charge in [-0.2, -0.15) is 0 Å². The molecule has 1 N–H and O–H groups in total. The molecule has 1 saturated carbocycles. The van der Waals surface area contributed by atoms with Crippen LogP contribution in [-0.2, 0) is 16.1 Å². The van der Waals surface area contributed by atoms with Gasteiger partial charge in [0.05, 0.1) is 5.02 Å². The van der Waals surface area contributed by atoms with Gasteiger partial charge >= 0.3 is 0 Å². The molecule has 1 unspecified atom stereocenters. The van der Waals surface area contributed by atoms with Crippen molar-refractivity contribution < 1.29 is 9.59 Å². The minimum absolute atomic E-state index is 0.0303. The van der Waals surface area contributed by atoms with Crippen molar-refractivity contribution in [3.8, 4) is 0 Å². The fourth-order valence-corrected chi connectivity index (χ4v) is 3.53.